The van der Waals surface area contributed by atoms with E-state index in [0.717, 1.165) is 9.80 Å². The molecule has 2 aliphatic rings. The van der Waals surface area contributed by atoms with E-state index < -0.39 is 35.8 Å². The van der Waals surface area contributed by atoms with Gasteiger partial charge in [0.1, 0.15) is 12.1 Å². The molecule has 2 amide bonds. The van der Waals surface area contributed by atoms with Crippen LogP contribution in [0, 0.1) is 0 Å². The fourth-order valence-electron chi connectivity index (χ4n) is 3.01. The van der Waals surface area contributed by atoms with Crippen molar-refractivity contribution in [2.45, 2.75) is 37.8 Å². The highest BCUT2D eigenvalue weighted by Crippen LogP contribution is 2.25. The Morgan fingerprint density at radius 2 is 1.14 bits per heavy atom. The minimum absolute atomic E-state index is 0.0738. The van der Waals surface area contributed by atoms with Crippen molar-refractivity contribution in [2.24, 2.45) is 0 Å². The summed E-state index contributed by atoms with van der Waals surface area (Å²) in [6.07, 6.45) is -0.183. The monoisotopic (exact) mass is 432 g/mol. The smallest absolute Gasteiger partial charge is 0.326 e. The van der Waals surface area contributed by atoms with Gasteiger partial charge in [-0.2, -0.15) is 0 Å². The van der Waals surface area contributed by atoms with Gasteiger partial charge in [0.25, 0.3) is 0 Å². The van der Waals surface area contributed by atoms with Gasteiger partial charge < -0.3 is 20.0 Å². The van der Waals surface area contributed by atoms with Crippen LogP contribution in [0.25, 0.3) is 0 Å². The average molecular weight is 432 g/mol. The second-order valence-corrected chi connectivity index (χ2v) is 9.08. The van der Waals surface area contributed by atoms with Crippen molar-refractivity contribution < 1.29 is 39.0 Å². The summed E-state index contributed by atoms with van der Waals surface area (Å²) in [6.45, 7) is -0.358. The second-order valence-electron chi connectivity index (χ2n) is 6.38. The summed E-state index contributed by atoms with van der Waals surface area (Å²) in [4.78, 5) is 71.3. The zero-order chi connectivity index (χ0) is 20.8. The maximum absolute atomic E-state index is 12.1. The molecule has 2 N–H and O–H groups in total. The maximum Gasteiger partial charge on any atom is 0.326 e. The number of amides is 2. The molecule has 2 saturated heterocycles. The van der Waals surface area contributed by atoms with E-state index in [4.69, 9.17) is 10.2 Å². The van der Waals surface area contributed by atoms with Gasteiger partial charge in [-0.25, -0.2) is 9.59 Å². The fourth-order valence-corrected chi connectivity index (χ4v) is 4.97. The zero-order valence-electron chi connectivity index (χ0n) is 14.9. The summed E-state index contributed by atoms with van der Waals surface area (Å²) in [6, 6.07) is -2.19. The van der Waals surface area contributed by atoms with E-state index in [2.05, 4.69) is 0 Å². The predicted octanol–water partition coefficient (Wildman–Crippen LogP) is -0.343. The third-order valence-corrected chi connectivity index (χ3v) is 6.79. The molecule has 0 aliphatic carbocycles. The molecule has 0 aromatic heterocycles. The van der Waals surface area contributed by atoms with E-state index in [1.165, 1.54) is 21.6 Å². The quantitative estimate of drug-likeness (QED) is 0.366. The lowest BCUT2D eigenvalue weighted by Crippen LogP contribution is -2.40. The van der Waals surface area contributed by atoms with Crippen LogP contribution in [0.5, 0.6) is 0 Å². The second kappa shape index (κ2) is 9.92. The molecule has 0 aromatic rings. The number of rotatable bonds is 9. The van der Waals surface area contributed by atoms with E-state index in [-0.39, 0.29) is 50.3 Å². The molecule has 2 aliphatic heterocycles. The molecule has 0 radical (unpaired) electrons. The molecule has 10 nitrogen and oxygen atoms in total. The van der Waals surface area contributed by atoms with Crippen LogP contribution >= 0.6 is 21.6 Å². The summed E-state index contributed by atoms with van der Waals surface area (Å²) in [5, 5.41) is 18.1. The fraction of sp³-hybridized carbons (Fsp3) is 0.625. The van der Waals surface area contributed by atoms with Gasteiger partial charge >= 0.3 is 11.9 Å². The van der Waals surface area contributed by atoms with Crippen molar-refractivity contribution in [3.8, 4) is 0 Å². The van der Waals surface area contributed by atoms with Crippen LogP contribution in [0.15, 0.2) is 0 Å². The van der Waals surface area contributed by atoms with Gasteiger partial charge in [-0.15, -0.1) is 0 Å². The number of likely N-dealkylation sites (tertiary alicyclic amines) is 2. The Morgan fingerprint density at radius 3 is 1.46 bits per heavy atom. The molecule has 0 aromatic carbocycles. The normalized spacial score (nSPS) is 22.0. The van der Waals surface area contributed by atoms with Crippen molar-refractivity contribution in [1.29, 1.82) is 0 Å². The summed E-state index contributed by atoms with van der Waals surface area (Å²) in [5.74, 6) is -2.98. The minimum atomic E-state index is -1.19. The number of carboxylic acids is 2. The summed E-state index contributed by atoms with van der Waals surface area (Å²) in [7, 11) is 2.65. The van der Waals surface area contributed by atoms with Gasteiger partial charge in [-0.1, -0.05) is 21.6 Å². The van der Waals surface area contributed by atoms with Crippen LogP contribution in [0.2, 0.25) is 0 Å². The average Bonchev–Trinajstić information content (AvgIpc) is 3.20. The number of Topliss-reactive ketones (excluding diaryl/α,β-unsaturated/α-hetero) is 2. The van der Waals surface area contributed by atoms with Crippen LogP contribution in [0.3, 0.4) is 0 Å². The Kier molecular flexibility index (Phi) is 7.87. The van der Waals surface area contributed by atoms with Crippen LogP contribution < -0.4 is 0 Å². The molecule has 2 heterocycles. The molecule has 2 rings (SSSR count). The third-order valence-electron chi connectivity index (χ3n) is 4.38. The van der Waals surface area contributed by atoms with Crippen molar-refractivity contribution in [3.05, 3.63) is 0 Å². The van der Waals surface area contributed by atoms with Crippen LogP contribution in [-0.4, -0.2) is 92.0 Å². The Hall–Kier alpha value is -2.08. The molecular weight excluding hydrogens is 412 g/mol. The first-order valence-corrected chi connectivity index (χ1v) is 11.0. The molecule has 0 bridgehead atoms. The van der Waals surface area contributed by atoms with Crippen LogP contribution in [-0.2, 0) is 28.8 Å². The molecule has 12 heteroatoms. The van der Waals surface area contributed by atoms with Gasteiger partial charge in [-0.3, -0.25) is 19.2 Å². The van der Waals surface area contributed by atoms with Gasteiger partial charge in [-0.05, 0) is 0 Å². The lowest BCUT2D eigenvalue weighted by Gasteiger charge is -2.20. The van der Waals surface area contributed by atoms with Gasteiger partial charge in [0.2, 0.25) is 11.8 Å². The van der Waals surface area contributed by atoms with E-state index >= 15 is 0 Å². The number of hydrogen-bond donors (Lipinski definition) is 2. The number of carbonyl (C=O) groups is 6. The van der Waals surface area contributed by atoms with Gasteiger partial charge in [0.05, 0.1) is 13.1 Å². The Balaban J connectivity index is 1.65. The van der Waals surface area contributed by atoms with E-state index in [1.54, 1.807) is 0 Å². The first kappa shape index (κ1) is 22.2. The van der Waals surface area contributed by atoms with Crippen molar-refractivity contribution in [2.75, 3.05) is 24.6 Å². The molecule has 0 spiro atoms. The number of hydrogen-bond acceptors (Lipinski definition) is 8. The minimum Gasteiger partial charge on any atom is -0.480 e. The SMILES string of the molecule is O=C1C[C@@H](C(=O)O)N(C(=O)CCSSCCC(=O)N2CC(=O)C[C@H]2C(=O)O)C1. The molecule has 154 valence electrons. The number of ketones is 2. The number of carboxylic acid groups (broad SMARTS) is 2. The van der Waals surface area contributed by atoms with Crippen molar-refractivity contribution in [1.82, 2.24) is 9.80 Å². The number of carbonyl (C=O) groups excluding carboxylic acids is 4. The number of aliphatic carboxylic acids is 2. The molecule has 2 atom stereocenters. The Labute approximate surface area is 168 Å². The molecule has 0 saturated carbocycles. The standard InChI is InChI=1S/C16H20N2O8S2/c19-9-5-11(15(23)24)17(7-9)13(21)1-3-27-28-4-2-14(22)18-8-10(20)6-12(18)16(25)26/h11-12H,1-8H2,(H,23,24)(H,25,26)/t11-,12-/m0/s1. The maximum atomic E-state index is 12.1. The first-order chi connectivity index (χ1) is 13.2. The molecular formula is C16H20N2O8S2. The third kappa shape index (κ3) is 5.71. The summed E-state index contributed by atoms with van der Waals surface area (Å²) in [5.41, 5.74) is 0. The predicted molar refractivity (Wildman–Crippen MR) is 99.7 cm³/mol. The lowest BCUT2D eigenvalue weighted by atomic mass is 10.2. The topological polar surface area (TPSA) is 149 Å². The molecule has 2 fully saturated rings. The zero-order valence-corrected chi connectivity index (χ0v) is 16.5. The van der Waals surface area contributed by atoms with Gasteiger partial charge in [0.15, 0.2) is 11.6 Å². The Bertz CT molecular complexity index is 640. The van der Waals surface area contributed by atoms with Crippen LogP contribution in [0.4, 0.5) is 0 Å². The highest BCUT2D eigenvalue weighted by Gasteiger charge is 2.39. The molecule has 28 heavy (non-hydrogen) atoms. The number of nitrogens with zero attached hydrogens (tertiary/aromatic N) is 2. The highest BCUT2D eigenvalue weighted by molar-refractivity contribution is 8.76. The molecule has 0 unspecified atom stereocenters. The van der Waals surface area contributed by atoms with E-state index in [1.807, 2.05) is 0 Å². The summed E-state index contributed by atoms with van der Waals surface area (Å²) >= 11 is 0. The van der Waals surface area contributed by atoms with Crippen LogP contribution in [0.1, 0.15) is 25.7 Å². The van der Waals surface area contributed by atoms with E-state index in [0.29, 0.717) is 11.5 Å². The Morgan fingerprint density at radius 1 is 0.786 bits per heavy atom. The largest absolute Gasteiger partial charge is 0.480 e. The summed E-state index contributed by atoms with van der Waals surface area (Å²) < 4.78 is 0. The lowest BCUT2D eigenvalue weighted by molar-refractivity contribution is -0.148. The van der Waals surface area contributed by atoms with Crippen molar-refractivity contribution in [3.63, 3.8) is 0 Å². The van der Waals surface area contributed by atoms with Gasteiger partial charge in [0, 0.05) is 37.2 Å². The highest BCUT2D eigenvalue weighted by atomic mass is 33.1. The first-order valence-electron chi connectivity index (χ1n) is 8.53. The van der Waals surface area contributed by atoms with Crippen molar-refractivity contribution >= 4 is 56.9 Å². The van der Waals surface area contributed by atoms with E-state index in [9.17, 15) is 28.8 Å².